The summed E-state index contributed by atoms with van der Waals surface area (Å²) in [6.07, 6.45) is 8.78. The highest BCUT2D eigenvalue weighted by atomic mass is 35.5. The van der Waals surface area contributed by atoms with E-state index in [-0.39, 0.29) is 44.7 Å². The number of para-hydroxylation sites is 4. The second-order valence-electron chi connectivity index (χ2n) is 24.2. The Kier molecular flexibility index (Phi) is 39.1. The van der Waals surface area contributed by atoms with Crippen molar-refractivity contribution in [1.82, 2.24) is 19.6 Å². The lowest BCUT2D eigenvalue weighted by Crippen LogP contribution is -2.10. The molecule has 0 aliphatic carbocycles. The molecule has 0 amide bonds. The van der Waals surface area contributed by atoms with E-state index in [0.29, 0.717) is 83.6 Å². The van der Waals surface area contributed by atoms with Gasteiger partial charge in [-0.2, -0.15) is 33.7 Å². The molecule has 0 radical (unpaired) electrons. The zero-order chi connectivity index (χ0) is 89.5. The third-order valence-electron chi connectivity index (χ3n) is 13.3. The molecule has 120 heavy (non-hydrogen) atoms. The van der Waals surface area contributed by atoms with Crippen molar-refractivity contribution in [3.8, 4) is 43.3 Å². The van der Waals surface area contributed by atoms with Crippen molar-refractivity contribution in [3.05, 3.63) is 197 Å². The van der Waals surface area contributed by atoms with E-state index in [9.17, 15) is 80.8 Å². The van der Waals surface area contributed by atoms with Crippen molar-refractivity contribution < 1.29 is 84.2 Å². The van der Waals surface area contributed by atoms with Gasteiger partial charge in [0.05, 0.1) is 37.9 Å². The number of nitrogen functional groups attached to an aromatic ring is 1. The van der Waals surface area contributed by atoms with Gasteiger partial charge in [0.1, 0.15) is 65.2 Å². The molecule has 6 aromatic heterocycles. The second-order valence-corrected chi connectivity index (χ2v) is 42.6. The monoisotopic (exact) mass is 1930 g/mol. The summed E-state index contributed by atoms with van der Waals surface area (Å²) >= 11 is 15.8. The highest BCUT2D eigenvalue weighted by Gasteiger charge is 2.30. The van der Waals surface area contributed by atoms with Gasteiger partial charge >= 0.3 is 5.69 Å². The maximum Gasteiger partial charge on any atom is 0.324 e. The maximum absolute atomic E-state index is 12.4. The first kappa shape index (κ1) is 101. The first-order valence-corrected chi connectivity index (χ1v) is 48.3. The molecule has 0 aliphatic rings. The highest BCUT2D eigenvalue weighted by molar-refractivity contribution is 7.93. The quantitative estimate of drug-likeness (QED) is 0.00838. The molecule has 38 nitrogen and oxygen atoms in total. The number of halogens is 2. The molecule has 52 heteroatoms. The normalized spacial score (nSPS) is 11.6. The fourth-order valence-electron chi connectivity index (χ4n) is 7.82. The van der Waals surface area contributed by atoms with Crippen LogP contribution in [0.5, 0.6) is 43.3 Å². The summed E-state index contributed by atoms with van der Waals surface area (Å²) in [5.41, 5.74) is 6.09. The molecule has 0 atom stereocenters. The molecule has 0 bridgehead atoms. The van der Waals surface area contributed by atoms with Crippen LogP contribution in [0, 0.1) is 30.3 Å². The first-order chi connectivity index (χ1) is 56.2. The average molecular weight is 1930 g/mol. The van der Waals surface area contributed by atoms with Crippen molar-refractivity contribution >= 4 is 211 Å². The minimum Gasteiger partial charge on any atom is -0.444 e. The molecule has 0 fully saturated rings. The summed E-state index contributed by atoms with van der Waals surface area (Å²) in [5.74, 6) is 2.27. The summed E-state index contributed by atoms with van der Waals surface area (Å²) in [6, 6.07) is 43.1. The lowest BCUT2D eigenvalue weighted by atomic mass is 10.3. The second kappa shape index (κ2) is 46.7. The van der Waals surface area contributed by atoms with E-state index < -0.39 is 92.0 Å². The van der Waals surface area contributed by atoms with Crippen molar-refractivity contribution in [3.63, 3.8) is 0 Å². The molecule has 6 heterocycles. The van der Waals surface area contributed by atoms with Gasteiger partial charge in [-0.3, -0.25) is 30.3 Å². The van der Waals surface area contributed by atoms with Crippen LogP contribution in [-0.2, 0) is 60.1 Å². The van der Waals surface area contributed by atoms with Crippen LogP contribution < -0.4 is 45.6 Å². The number of nitrogens with one attached hydrogen (secondary N) is 2. The molecule has 0 saturated heterocycles. The summed E-state index contributed by atoms with van der Waals surface area (Å²) in [5, 5.41) is 49.5. The number of hydrogen-bond donors (Lipinski definition) is 5. The first-order valence-electron chi connectivity index (χ1n) is 33.8. The largest absolute Gasteiger partial charge is 0.444 e. The zero-order valence-electron chi connectivity index (χ0n) is 64.9. The van der Waals surface area contributed by atoms with Crippen molar-refractivity contribution in [1.29, 1.82) is 0 Å². The Morgan fingerprint density at radius 2 is 0.633 bits per heavy atom. The minimum absolute atomic E-state index is 0.0454. The van der Waals surface area contributed by atoms with E-state index in [2.05, 4.69) is 42.1 Å². The van der Waals surface area contributed by atoms with Crippen LogP contribution in [0.15, 0.2) is 201 Å². The maximum atomic E-state index is 12.4. The fraction of sp³-hybridized carbons (Fsp3) is 0.235. The standard InChI is InChI=1S/C17H23N3O3S2.C14H18N2O3S2.C13H13N3O5S2.C13H15N3O3S2.C7H8ClN3O4S2.C4H3ClN2O4S2/c1-4-5-11-18-15-12-16(25(21,22)19-13-20(2)3)24-17(15)23-14-9-7-6-8-10-14;1-2-3-9-16-12-10-13(21(15,17)18)20-14(12)19-11-7-5-4-6-8-11;1-15(2)9-14-23(19,20)12-8-11(16(17)18)13(22-12)21-10-6-4-3-5-7-10;1-16(2)9-15-21(17,18)12-8-11(14)13(20-12)19-10-6-4-3-5-7-10;1-10(2)4-9-17(14,15)6-3-5(11(12)13)7(8)16-6;5-4-2(7(8)9)1-3(12-4)13(6,10)11/h6-10,12-13,18H,4-5,11H2,1-3H3;4-8,10,16H,2-3,9H2,1H3,(H2,15,17,18);3-9H,1-2H3;3-9H,14H2,1-2H3;3-4H,1-2H3;1H,(H2,6,10,11). The van der Waals surface area contributed by atoms with E-state index >= 15 is 0 Å². The Bertz CT molecular complexity index is 5920. The van der Waals surface area contributed by atoms with E-state index in [4.69, 9.17) is 58.2 Å². The van der Waals surface area contributed by atoms with Crippen LogP contribution in [0.25, 0.3) is 0 Å². The number of nitro groups is 3. The number of rotatable bonds is 33. The zero-order valence-corrected chi connectivity index (χ0v) is 76.2. The van der Waals surface area contributed by atoms with Gasteiger partial charge in [0.2, 0.25) is 35.2 Å². The predicted molar refractivity (Wildman–Crippen MR) is 473 cm³/mol. The van der Waals surface area contributed by atoms with Gasteiger partial charge < -0.3 is 54.9 Å². The van der Waals surface area contributed by atoms with Gasteiger partial charge in [0.15, 0.2) is 17.1 Å². The number of nitrogens with two attached hydrogens (primary N) is 3. The Morgan fingerprint density at radius 3 is 0.942 bits per heavy atom. The summed E-state index contributed by atoms with van der Waals surface area (Å²) in [4.78, 5) is 35.7. The van der Waals surface area contributed by atoms with Crippen LogP contribution in [0.2, 0.25) is 8.67 Å². The Labute approximate surface area is 726 Å². The SMILES string of the molecule is CCCCNc1cc(S(=O)(=O)N=CN(C)C)sc1Oc1ccccc1.CCCCNc1cc(S(N)(=O)=O)sc1Oc1ccccc1.CN(C)C=NS(=O)(=O)c1cc(N)c(Oc2ccccc2)s1.CN(C)C=NS(=O)(=O)c1cc([N+](=O)[O-])c(Cl)s1.CN(C)C=NS(=O)(=O)c1cc([N+](=O)[O-])c(Oc2ccccc2)s1.NS(=O)(=O)c1cc([N+](=O)[O-])c(Cl)s1. The molecular weight excluding hydrogens is 1850 g/mol. The van der Waals surface area contributed by atoms with Crippen LogP contribution in [0.1, 0.15) is 39.5 Å². The lowest BCUT2D eigenvalue weighted by Gasteiger charge is -2.07. The summed E-state index contributed by atoms with van der Waals surface area (Å²) < 4.78 is 176. The van der Waals surface area contributed by atoms with Gasteiger partial charge in [-0.15, -0.1) is 40.3 Å². The van der Waals surface area contributed by atoms with Crippen molar-refractivity contribution in [2.24, 2.45) is 27.9 Å². The van der Waals surface area contributed by atoms with E-state index in [0.717, 1.165) is 104 Å². The van der Waals surface area contributed by atoms with E-state index in [1.807, 2.05) is 78.9 Å². The van der Waals surface area contributed by atoms with Gasteiger partial charge in [0, 0.05) is 81.6 Å². The molecule has 0 saturated carbocycles. The highest BCUT2D eigenvalue weighted by Crippen LogP contribution is 2.45. The Morgan fingerprint density at radius 1 is 0.383 bits per heavy atom. The van der Waals surface area contributed by atoms with Crippen LogP contribution in [0.4, 0.5) is 34.1 Å². The fourth-order valence-corrected chi connectivity index (χ4v) is 20.7. The number of nitrogens with zero attached hydrogens (tertiary/aromatic N) is 11. The third kappa shape index (κ3) is 33.5. The smallest absolute Gasteiger partial charge is 0.324 e. The summed E-state index contributed by atoms with van der Waals surface area (Å²) in [6.45, 7) is 5.69. The number of hydrogen-bond acceptors (Lipinski definition) is 31. The molecular formula is C68H80Cl2N16O22S12. The molecule has 0 unspecified atom stereocenters. The van der Waals surface area contributed by atoms with Crippen LogP contribution in [-0.4, -0.2) is 180 Å². The molecule has 10 rings (SSSR count). The lowest BCUT2D eigenvalue weighted by molar-refractivity contribution is -0.385. The molecule has 8 N–H and O–H groups in total. The molecule has 650 valence electrons. The predicted octanol–water partition coefficient (Wildman–Crippen LogP) is 15.1. The van der Waals surface area contributed by atoms with Crippen LogP contribution >= 0.6 is 91.2 Å². The van der Waals surface area contributed by atoms with Gasteiger partial charge in [0.25, 0.3) is 56.5 Å². The van der Waals surface area contributed by atoms with Crippen molar-refractivity contribution in [2.75, 3.05) is 85.8 Å². The Balaban J connectivity index is 0.000000259. The molecule has 10 aromatic rings. The number of ether oxygens (including phenoxy) is 4. The van der Waals surface area contributed by atoms with Crippen LogP contribution in [0.3, 0.4) is 0 Å². The molecule has 0 aliphatic heterocycles. The number of unbranched alkanes of at least 4 members (excludes halogenated alkanes) is 2. The number of primary sulfonamides is 2. The third-order valence-corrected chi connectivity index (χ3v) is 29.6. The number of sulfonamides is 6. The minimum atomic E-state index is -4.02. The number of thiophene rings is 6. The number of anilines is 3. The van der Waals surface area contributed by atoms with Crippen molar-refractivity contribution in [2.45, 2.75) is 64.8 Å². The van der Waals surface area contributed by atoms with Gasteiger partial charge in [-0.25, -0.2) is 27.1 Å². The number of benzene rings is 4. The molecule has 4 aromatic carbocycles. The average Bonchev–Trinajstić information content (AvgIpc) is 1.59. The van der Waals surface area contributed by atoms with E-state index in [1.165, 1.54) is 39.5 Å². The topological polar surface area (TPSA) is 536 Å². The molecule has 0 spiro atoms. The summed E-state index contributed by atoms with van der Waals surface area (Å²) in [7, 11) is -9.88. The van der Waals surface area contributed by atoms with Gasteiger partial charge in [-0.1, -0.05) is 168 Å². The Hall–Kier alpha value is -10.0. The van der Waals surface area contributed by atoms with E-state index in [1.54, 1.807) is 110 Å². The van der Waals surface area contributed by atoms with Gasteiger partial charge in [-0.05, 0) is 79.6 Å².